The summed E-state index contributed by atoms with van der Waals surface area (Å²) in [6.45, 7) is 3.38. The van der Waals surface area contributed by atoms with Gasteiger partial charge in [0.25, 0.3) is 5.91 Å². The zero-order chi connectivity index (χ0) is 30.6. The third-order valence-electron chi connectivity index (χ3n) is 5.88. The van der Waals surface area contributed by atoms with Gasteiger partial charge in [0.05, 0.1) is 34.0 Å². The summed E-state index contributed by atoms with van der Waals surface area (Å²) in [6, 6.07) is 12.2. The maximum Gasteiger partial charge on any atom is 0.333 e. The number of aliphatic hydroxyl groups is 1. The van der Waals surface area contributed by atoms with E-state index in [0.717, 1.165) is 6.07 Å². The molecule has 0 radical (unpaired) electrons. The first-order valence-corrected chi connectivity index (χ1v) is 13.1. The van der Waals surface area contributed by atoms with Crippen molar-refractivity contribution >= 4 is 23.4 Å². The summed E-state index contributed by atoms with van der Waals surface area (Å²) in [7, 11) is 2.94. The average molecular weight is 584 g/mol. The van der Waals surface area contributed by atoms with Crippen LogP contribution in [0.25, 0.3) is 0 Å². The molecule has 0 heterocycles. The Bertz CT molecular complexity index is 1380. The van der Waals surface area contributed by atoms with Crippen molar-refractivity contribution in [3.05, 3.63) is 77.1 Å². The van der Waals surface area contributed by atoms with E-state index in [2.05, 4.69) is 10.6 Å². The van der Waals surface area contributed by atoms with Gasteiger partial charge in [0.2, 0.25) is 0 Å². The summed E-state index contributed by atoms with van der Waals surface area (Å²) in [6.07, 6.45) is 0. The van der Waals surface area contributed by atoms with Gasteiger partial charge in [-0.3, -0.25) is 10.2 Å². The van der Waals surface area contributed by atoms with Crippen LogP contribution in [0.2, 0.25) is 0 Å². The number of aliphatic hydroxyl groups excluding tert-OH is 1. The maximum absolute atomic E-state index is 15.2. The summed E-state index contributed by atoms with van der Waals surface area (Å²) in [5, 5.41) is 22.9. The molecule has 1 atom stereocenters. The van der Waals surface area contributed by atoms with Gasteiger partial charge < -0.3 is 39.4 Å². The normalized spacial score (nSPS) is 11.2. The Morgan fingerprint density at radius 2 is 1.55 bits per heavy atom. The van der Waals surface area contributed by atoms with E-state index in [1.807, 2.05) is 0 Å². The fourth-order valence-electron chi connectivity index (χ4n) is 3.89. The molecule has 0 aromatic heterocycles. The molecule has 42 heavy (non-hydrogen) atoms. The number of hydrogen-bond donors (Lipinski definition) is 4. The fraction of sp³-hybridized carbons (Fsp3) is 0.300. The van der Waals surface area contributed by atoms with E-state index in [1.165, 1.54) is 32.4 Å². The van der Waals surface area contributed by atoms with Gasteiger partial charge in [0, 0.05) is 34.5 Å². The number of anilines is 1. The standard InChI is InChI=1S/C30H34FN3O8/c1-5-40-25-16-23(24(31)17-26(25)42-12-11-35)27(30(37)41-6-2)33-20-9-7-18(8-10-20)28(32)34-29(36)19-13-21(38-3)15-22(14-19)39-4/h7-10,13-17,27,33,35H,5-6,11-12H2,1-4H3,(H2,32,34,36). The van der Waals surface area contributed by atoms with Gasteiger partial charge in [0.15, 0.2) is 17.5 Å². The molecule has 4 N–H and O–H groups in total. The topological polar surface area (TPSA) is 148 Å². The SMILES string of the molecule is CCOC(=O)C(Nc1ccc(C(=N)NC(=O)c2cc(OC)cc(OC)c2)cc1)c1cc(OCC)c(OCCO)cc1F. The lowest BCUT2D eigenvalue weighted by molar-refractivity contribution is -0.144. The van der Waals surface area contributed by atoms with E-state index in [0.29, 0.717) is 22.7 Å². The molecular weight excluding hydrogens is 549 g/mol. The number of esters is 1. The van der Waals surface area contributed by atoms with Crippen LogP contribution in [-0.4, -0.2) is 63.5 Å². The molecule has 0 saturated carbocycles. The zero-order valence-electron chi connectivity index (χ0n) is 23.8. The van der Waals surface area contributed by atoms with Gasteiger partial charge in [0.1, 0.15) is 29.8 Å². The molecule has 1 amide bonds. The van der Waals surface area contributed by atoms with E-state index >= 15 is 4.39 Å². The highest BCUT2D eigenvalue weighted by Gasteiger charge is 2.27. The second-order valence-electron chi connectivity index (χ2n) is 8.66. The zero-order valence-corrected chi connectivity index (χ0v) is 23.8. The van der Waals surface area contributed by atoms with Crippen LogP contribution in [0.15, 0.2) is 54.6 Å². The number of benzene rings is 3. The highest BCUT2D eigenvalue weighted by Crippen LogP contribution is 2.35. The van der Waals surface area contributed by atoms with Gasteiger partial charge in [-0.1, -0.05) is 0 Å². The van der Waals surface area contributed by atoms with Crippen LogP contribution in [0.4, 0.5) is 10.1 Å². The molecule has 0 spiro atoms. The largest absolute Gasteiger partial charge is 0.497 e. The lowest BCUT2D eigenvalue weighted by Gasteiger charge is -2.21. The Morgan fingerprint density at radius 3 is 2.12 bits per heavy atom. The van der Waals surface area contributed by atoms with Crippen molar-refractivity contribution in [1.29, 1.82) is 5.41 Å². The Kier molecular flexibility index (Phi) is 11.5. The van der Waals surface area contributed by atoms with Crippen molar-refractivity contribution in [3.8, 4) is 23.0 Å². The van der Waals surface area contributed by atoms with Gasteiger partial charge >= 0.3 is 5.97 Å². The first-order valence-electron chi connectivity index (χ1n) is 13.1. The summed E-state index contributed by atoms with van der Waals surface area (Å²) < 4.78 is 41.8. The number of rotatable bonds is 14. The second-order valence-corrected chi connectivity index (χ2v) is 8.66. The monoisotopic (exact) mass is 583 g/mol. The fourth-order valence-corrected chi connectivity index (χ4v) is 3.89. The molecule has 3 rings (SSSR count). The molecular formula is C30H34FN3O8. The van der Waals surface area contributed by atoms with Crippen LogP contribution >= 0.6 is 0 Å². The molecule has 0 bridgehead atoms. The minimum absolute atomic E-state index is 0.0361. The van der Waals surface area contributed by atoms with Crippen LogP contribution in [-0.2, 0) is 9.53 Å². The number of ether oxygens (including phenoxy) is 5. The average Bonchev–Trinajstić information content (AvgIpc) is 3.00. The predicted octanol–water partition coefficient (Wildman–Crippen LogP) is 4.08. The lowest BCUT2D eigenvalue weighted by atomic mass is 10.0. The molecule has 0 fully saturated rings. The van der Waals surface area contributed by atoms with E-state index in [1.54, 1.807) is 44.2 Å². The number of carbonyl (C=O) groups is 2. The number of methoxy groups -OCH3 is 2. The first-order chi connectivity index (χ1) is 20.2. The van der Waals surface area contributed by atoms with Gasteiger partial charge in [-0.2, -0.15) is 0 Å². The molecule has 224 valence electrons. The molecule has 3 aromatic carbocycles. The van der Waals surface area contributed by atoms with Crippen LogP contribution < -0.4 is 29.6 Å². The van der Waals surface area contributed by atoms with Crippen molar-refractivity contribution in [3.63, 3.8) is 0 Å². The molecule has 3 aromatic rings. The number of hydrogen-bond acceptors (Lipinski definition) is 10. The van der Waals surface area contributed by atoms with E-state index < -0.39 is 23.7 Å². The number of nitrogens with one attached hydrogen (secondary N) is 3. The summed E-state index contributed by atoms with van der Waals surface area (Å²) in [5.41, 5.74) is 1.01. The van der Waals surface area contributed by atoms with E-state index in [4.69, 9.17) is 34.2 Å². The molecule has 0 saturated heterocycles. The molecule has 1 unspecified atom stereocenters. The summed E-state index contributed by atoms with van der Waals surface area (Å²) >= 11 is 0. The highest BCUT2D eigenvalue weighted by molar-refractivity contribution is 6.11. The lowest BCUT2D eigenvalue weighted by Crippen LogP contribution is -2.30. The minimum atomic E-state index is -1.25. The first kappa shape index (κ1) is 31.7. The van der Waals surface area contributed by atoms with E-state index in [-0.39, 0.29) is 54.9 Å². The smallest absolute Gasteiger partial charge is 0.333 e. The predicted molar refractivity (Wildman–Crippen MR) is 153 cm³/mol. The number of amides is 1. The minimum Gasteiger partial charge on any atom is -0.497 e. The highest BCUT2D eigenvalue weighted by atomic mass is 19.1. The molecule has 11 nitrogen and oxygen atoms in total. The van der Waals surface area contributed by atoms with Crippen LogP contribution in [0.1, 0.15) is 41.4 Å². The van der Waals surface area contributed by atoms with Crippen molar-refractivity contribution < 1.29 is 42.8 Å². The van der Waals surface area contributed by atoms with Crippen molar-refractivity contribution in [2.45, 2.75) is 19.9 Å². The third kappa shape index (κ3) is 8.10. The van der Waals surface area contributed by atoms with Crippen LogP contribution in [0, 0.1) is 11.2 Å². The summed E-state index contributed by atoms with van der Waals surface area (Å²) in [5.74, 6) is -1.02. The quantitative estimate of drug-likeness (QED) is 0.125. The second kappa shape index (κ2) is 15.2. The van der Waals surface area contributed by atoms with Crippen molar-refractivity contribution in [2.75, 3.05) is 46.0 Å². The number of amidine groups is 1. The van der Waals surface area contributed by atoms with Gasteiger partial charge in [-0.15, -0.1) is 0 Å². The molecule has 0 aliphatic carbocycles. The van der Waals surface area contributed by atoms with E-state index in [9.17, 15) is 9.59 Å². The number of carbonyl (C=O) groups excluding carboxylic acids is 2. The third-order valence-corrected chi connectivity index (χ3v) is 5.88. The van der Waals surface area contributed by atoms with Crippen molar-refractivity contribution in [2.24, 2.45) is 0 Å². The van der Waals surface area contributed by atoms with Crippen LogP contribution in [0.3, 0.4) is 0 Å². The summed E-state index contributed by atoms with van der Waals surface area (Å²) in [4.78, 5) is 25.7. The van der Waals surface area contributed by atoms with Crippen LogP contribution in [0.5, 0.6) is 23.0 Å². The maximum atomic E-state index is 15.2. The number of halogens is 1. The Morgan fingerprint density at radius 1 is 0.905 bits per heavy atom. The Hall–Kier alpha value is -4.84. The van der Waals surface area contributed by atoms with Crippen molar-refractivity contribution in [1.82, 2.24) is 5.32 Å². The Labute approximate surface area is 243 Å². The Balaban J connectivity index is 1.82. The van der Waals surface area contributed by atoms with Gasteiger partial charge in [-0.05, 0) is 56.3 Å². The molecule has 12 heteroatoms. The van der Waals surface area contributed by atoms with Gasteiger partial charge in [-0.25, -0.2) is 9.18 Å². The molecule has 0 aliphatic heterocycles. The molecule has 0 aliphatic rings.